The van der Waals surface area contributed by atoms with E-state index in [2.05, 4.69) is 4.90 Å². The van der Waals surface area contributed by atoms with Crippen LogP contribution in [0, 0.1) is 11.7 Å². The first-order valence-electron chi connectivity index (χ1n) is 10.2. The van der Waals surface area contributed by atoms with Crippen LogP contribution in [0.5, 0.6) is 0 Å². The third kappa shape index (κ3) is 7.46. The topological polar surface area (TPSA) is 60.9 Å². The Hall–Kier alpha value is -1.12. The molecule has 3 rings (SSSR count). The van der Waals surface area contributed by atoms with E-state index >= 15 is 0 Å². The van der Waals surface area contributed by atoms with Crippen LogP contribution in [0.2, 0.25) is 0 Å². The normalized spacial score (nSPS) is 21.3. The largest absolute Gasteiger partial charge is 0.480 e. The summed E-state index contributed by atoms with van der Waals surface area (Å²) in [4.78, 5) is 28.0. The molecular formula is C22H31Cl2FN2O3S. The van der Waals surface area contributed by atoms with Gasteiger partial charge in [-0.05, 0) is 37.4 Å². The zero-order valence-electron chi connectivity index (χ0n) is 17.6. The van der Waals surface area contributed by atoms with Gasteiger partial charge in [0.25, 0.3) is 0 Å². The number of Topliss-reactive ketones (excluding diaryl/α,β-unsaturated/α-hetero) is 1. The van der Waals surface area contributed by atoms with E-state index in [4.69, 9.17) is 17.7 Å². The molecule has 1 saturated carbocycles. The molecule has 2 fully saturated rings. The first-order valence-corrected chi connectivity index (χ1v) is 10.8. The highest BCUT2D eigenvalue weighted by molar-refractivity contribution is 7.81. The molecule has 1 aromatic rings. The fraction of sp³-hybridized carbons (Fsp3) is 0.545. The van der Waals surface area contributed by atoms with Gasteiger partial charge in [0.05, 0.1) is 12.6 Å². The van der Waals surface area contributed by atoms with Gasteiger partial charge in [-0.25, -0.2) is 4.39 Å². The maximum atomic E-state index is 14.6. The van der Waals surface area contributed by atoms with Crippen LogP contribution < -0.4 is 0 Å². The Kier molecular flexibility index (Phi) is 11.5. The lowest BCUT2D eigenvalue weighted by atomic mass is 9.93. The van der Waals surface area contributed by atoms with Gasteiger partial charge in [0.2, 0.25) is 0 Å². The molecule has 1 aromatic carbocycles. The summed E-state index contributed by atoms with van der Waals surface area (Å²) < 4.78 is 14.6. The number of likely N-dealkylation sites (tertiary alicyclic amines) is 1. The number of hydrogen-bond acceptors (Lipinski definition) is 5. The molecule has 1 N–H and O–H groups in total. The number of ketones is 1. The van der Waals surface area contributed by atoms with E-state index in [1.165, 1.54) is 6.07 Å². The van der Waals surface area contributed by atoms with Crippen molar-refractivity contribution in [2.24, 2.45) is 5.92 Å². The Balaban J connectivity index is 0.00000240. The molecule has 0 aromatic heterocycles. The number of likely N-dealkylation sites (N-methyl/N-ethyl adjacent to an activating group) is 1. The molecule has 0 radical (unpaired) electrons. The molecule has 1 heterocycles. The summed E-state index contributed by atoms with van der Waals surface area (Å²) in [6.45, 7) is 4.28. The highest BCUT2D eigenvalue weighted by Crippen LogP contribution is 2.39. The van der Waals surface area contributed by atoms with Gasteiger partial charge in [0.15, 0.2) is 5.78 Å². The minimum atomic E-state index is -0.854. The number of piperidine rings is 1. The number of carboxylic acid groups (broad SMARTS) is 1. The van der Waals surface area contributed by atoms with Crippen molar-refractivity contribution in [1.29, 1.82) is 0 Å². The Labute approximate surface area is 201 Å². The number of hydrogen-bond donors (Lipinski definition) is 2. The minimum absolute atomic E-state index is 0. The van der Waals surface area contributed by atoms with Crippen LogP contribution in [0.15, 0.2) is 35.9 Å². The van der Waals surface area contributed by atoms with Gasteiger partial charge in [-0.1, -0.05) is 31.2 Å². The molecule has 9 heteroatoms. The van der Waals surface area contributed by atoms with Crippen molar-refractivity contribution < 1.29 is 19.1 Å². The average molecular weight is 493 g/mol. The lowest BCUT2D eigenvalue weighted by Crippen LogP contribution is -2.43. The Morgan fingerprint density at radius 1 is 1.29 bits per heavy atom. The summed E-state index contributed by atoms with van der Waals surface area (Å²) in [5.41, 5.74) is 1.51. The number of carboxylic acids is 1. The fourth-order valence-corrected chi connectivity index (χ4v) is 4.18. The highest BCUT2D eigenvalue weighted by atomic mass is 35.5. The van der Waals surface area contributed by atoms with Crippen molar-refractivity contribution in [3.63, 3.8) is 0 Å². The molecule has 0 bridgehead atoms. The molecular weight excluding hydrogens is 462 g/mol. The number of aliphatic carboxylic acids is 1. The summed E-state index contributed by atoms with van der Waals surface area (Å²) in [6.07, 6.45) is 4.56. The smallest absolute Gasteiger partial charge is 0.317 e. The van der Waals surface area contributed by atoms with Crippen molar-refractivity contribution in [3.8, 4) is 0 Å². The second kappa shape index (κ2) is 12.8. The van der Waals surface area contributed by atoms with Crippen LogP contribution >= 0.6 is 37.4 Å². The van der Waals surface area contributed by atoms with Crippen LogP contribution in [0.25, 0.3) is 0 Å². The molecule has 1 saturated heterocycles. The standard InChI is InChI=1S/C22H29FN2O3S.2ClH/c1-2-24(14-20(26)27)11-9-16-13-25(12-10-19(16)29)21(22(28)15-7-8-15)17-5-3-4-6-18(17)23;;/h3-6,9,15,19,21,29H,2,7-8,10-14H2,1H3,(H,26,27);2*1H/b16-9-;;. The van der Waals surface area contributed by atoms with Crippen molar-refractivity contribution in [2.75, 3.05) is 32.7 Å². The third-order valence-corrected chi connectivity index (χ3v) is 6.33. The number of benzene rings is 1. The number of halogens is 3. The second-order valence-electron chi connectivity index (χ2n) is 7.88. The predicted octanol–water partition coefficient (Wildman–Crippen LogP) is 4.03. The van der Waals surface area contributed by atoms with Crippen molar-refractivity contribution in [2.45, 2.75) is 37.5 Å². The summed E-state index contributed by atoms with van der Waals surface area (Å²) >= 11 is 4.69. The van der Waals surface area contributed by atoms with E-state index in [0.717, 1.165) is 24.8 Å². The molecule has 174 valence electrons. The summed E-state index contributed by atoms with van der Waals surface area (Å²) in [5.74, 6) is -1.06. The number of carbonyl (C=O) groups is 2. The quantitative estimate of drug-likeness (QED) is 0.402. The molecule has 31 heavy (non-hydrogen) atoms. The predicted molar refractivity (Wildman–Crippen MR) is 128 cm³/mol. The molecule has 2 aliphatic rings. The lowest BCUT2D eigenvalue weighted by Gasteiger charge is -2.38. The van der Waals surface area contributed by atoms with Gasteiger partial charge < -0.3 is 5.11 Å². The van der Waals surface area contributed by atoms with Crippen molar-refractivity contribution >= 4 is 49.2 Å². The molecule has 2 atom stereocenters. The lowest BCUT2D eigenvalue weighted by molar-refractivity contribution is -0.138. The highest BCUT2D eigenvalue weighted by Gasteiger charge is 2.40. The van der Waals surface area contributed by atoms with E-state index in [9.17, 15) is 14.0 Å². The van der Waals surface area contributed by atoms with Gasteiger partial charge in [-0.3, -0.25) is 19.4 Å². The molecule has 2 unspecified atom stereocenters. The van der Waals surface area contributed by atoms with E-state index in [-0.39, 0.29) is 54.1 Å². The maximum Gasteiger partial charge on any atom is 0.317 e. The number of nitrogens with zero attached hydrogens (tertiary/aromatic N) is 2. The molecule has 1 aliphatic heterocycles. The van der Waals surface area contributed by atoms with Gasteiger partial charge in [0.1, 0.15) is 5.82 Å². The van der Waals surface area contributed by atoms with E-state index in [0.29, 0.717) is 31.7 Å². The van der Waals surface area contributed by atoms with Gasteiger partial charge in [0, 0.05) is 36.4 Å². The van der Waals surface area contributed by atoms with Crippen LogP contribution in [0.3, 0.4) is 0 Å². The van der Waals surface area contributed by atoms with E-state index in [1.54, 1.807) is 18.2 Å². The third-order valence-electron chi connectivity index (χ3n) is 5.74. The van der Waals surface area contributed by atoms with Gasteiger partial charge >= 0.3 is 5.97 Å². The van der Waals surface area contributed by atoms with Crippen molar-refractivity contribution in [3.05, 3.63) is 47.3 Å². The molecule has 5 nitrogen and oxygen atoms in total. The zero-order chi connectivity index (χ0) is 21.0. The van der Waals surface area contributed by atoms with Crippen molar-refractivity contribution in [1.82, 2.24) is 9.80 Å². The maximum absolute atomic E-state index is 14.6. The fourth-order valence-electron chi connectivity index (χ4n) is 3.87. The molecule has 0 spiro atoms. The van der Waals surface area contributed by atoms with Crippen LogP contribution in [0.4, 0.5) is 4.39 Å². The van der Waals surface area contributed by atoms with E-state index in [1.807, 2.05) is 17.9 Å². The second-order valence-corrected chi connectivity index (χ2v) is 8.50. The molecule has 0 amide bonds. The number of rotatable bonds is 9. The SMILES string of the molecule is CCN(C/C=C1/CN(C(C(=O)C2CC2)c2ccccc2F)CCC1S)CC(=O)O.Cl.Cl. The minimum Gasteiger partial charge on any atom is -0.480 e. The van der Waals surface area contributed by atoms with E-state index < -0.39 is 12.0 Å². The van der Waals surface area contributed by atoms with Gasteiger partial charge in [-0.15, -0.1) is 24.8 Å². The number of carbonyl (C=O) groups excluding carboxylic acids is 1. The molecule has 1 aliphatic carbocycles. The van der Waals surface area contributed by atoms with Crippen LogP contribution in [-0.4, -0.2) is 64.6 Å². The Morgan fingerprint density at radius 3 is 2.55 bits per heavy atom. The first kappa shape index (κ1) is 27.9. The summed E-state index contributed by atoms with van der Waals surface area (Å²) in [6, 6.07) is 5.97. The Bertz CT molecular complexity index is 792. The monoisotopic (exact) mass is 492 g/mol. The summed E-state index contributed by atoms with van der Waals surface area (Å²) in [7, 11) is 0. The first-order chi connectivity index (χ1) is 13.9. The average Bonchev–Trinajstić information content (AvgIpc) is 3.53. The number of thiol groups is 1. The van der Waals surface area contributed by atoms with Crippen LogP contribution in [0.1, 0.15) is 37.8 Å². The summed E-state index contributed by atoms with van der Waals surface area (Å²) in [5, 5.41) is 9.09. The van der Waals surface area contributed by atoms with Gasteiger partial charge in [-0.2, -0.15) is 12.6 Å². The zero-order valence-corrected chi connectivity index (χ0v) is 20.1. The Morgan fingerprint density at radius 2 is 1.97 bits per heavy atom. The van der Waals surface area contributed by atoms with Crippen LogP contribution in [-0.2, 0) is 9.59 Å².